The summed E-state index contributed by atoms with van der Waals surface area (Å²) in [5, 5.41) is 1.07. The summed E-state index contributed by atoms with van der Waals surface area (Å²) in [7, 11) is 2.19. The van der Waals surface area contributed by atoms with Crippen molar-refractivity contribution in [1.29, 1.82) is 0 Å². The van der Waals surface area contributed by atoms with E-state index in [-0.39, 0.29) is 17.4 Å². The van der Waals surface area contributed by atoms with Gasteiger partial charge in [0.15, 0.2) is 0 Å². The Hall–Kier alpha value is -1.98. The number of carbonyl (C=O) groups excluding carboxylic acids is 1. The highest BCUT2D eigenvalue weighted by Crippen LogP contribution is 2.50. The van der Waals surface area contributed by atoms with Crippen LogP contribution in [0.4, 0.5) is 0 Å². The Labute approximate surface area is 153 Å². The second kappa shape index (κ2) is 6.03. The van der Waals surface area contributed by atoms with E-state index in [1.54, 1.807) is 6.20 Å². The monoisotopic (exact) mass is 351 g/mol. The average Bonchev–Trinajstić information content (AvgIpc) is 3.27. The minimum absolute atomic E-state index is 0.133. The molecule has 5 rings (SSSR count). The van der Waals surface area contributed by atoms with Gasteiger partial charge in [0.05, 0.1) is 24.8 Å². The first kappa shape index (κ1) is 16.2. The van der Waals surface area contributed by atoms with Crippen molar-refractivity contribution in [3.63, 3.8) is 0 Å². The minimum Gasteiger partial charge on any atom is -0.379 e. The summed E-state index contributed by atoms with van der Waals surface area (Å²) >= 11 is 0. The van der Waals surface area contributed by atoms with Gasteiger partial charge in [-0.1, -0.05) is 12.1 Å². The van der Waals surface area contributed by atoms with E-state index in [4.69, 9.17) is 4.74 Å². The lowest BCUT2D eigenvalue weighted by molar-refractivity contribution is 0.0498. The van der Waals surface area contributed by atoms with E-state index in [0.29, 0.717) is 12.5 Å². The SMILES string of the molecule is CN1CCC2(CC1)CN(C(=O)c1ccc3cccnc3c1)[C@@H]1COC[C@@H]12. The maximum atomic E-state index is 13.4. The van der Waals surface area contributed by atoms with Crippen molar-refractivity contribution in [2.45, 2.75) is 18.9 Å². The molecule has 2 aromatic rings. The van der Waals surface area contributed by atoms with Crippen LogP contribution in [0.1, 0.15) is 23.2 Å². The molecular weight excluding hydrogens is 326 g/mol. The highest BCUT2D eigenvalue weighted by Gasteiger charge is 2.56. The summed E-state index contributed by atoms with van der Waals surface area (Å²) in [5.41, 5.74) is 1.86. The van der Waals surface area contributed by atoms with Crippen molar-refractivity contribution in [2.75, 3.05) is 39.9 Å². The molecule has 4 heterocycles. The highest BCUT2D eigenvalue weighted by molar-refractivity contribution is 5.98. The molecule has 3 aliphatic rings. The first-order valence-electron chi connectivity index (χ1n) is 9.58. The van der Waals surface area contributed by atoms with Gasteiger partial charge in [-0.25, -0.2) is 0 Å². The lowest BCUT2D eigenvalue weighted by Crippen LogP contribution is -2.43. The van der Waals surface area contributed by atoms with Gasteiger partial charge in [-0.3, -0.25) is 9.78 Å². The molecule has 5 heteroatoms. The van der Waals surface area contributed by atoms with Crippen molar-refractivity contribution in [3.05, 3.63) is 42.1 Å². The number of aromatic nitrogens is 1. The smallest absolute Gasteiger partial charge is 0.254 e. The van der Waals surface area contributed by atoms with Crippen LogP contribution in [0.2, 0.25) is 0 Å². The second-order valence-electron chi connectivity index (χ2n) is 8.22. The van der Waals surface area contributed by atoms with Crippen LogP contribution in [0.15, 0.2) is 36.5 Å². The van der Waals surface area contributed by atoms with Crippen LogP contribution in [-0.2, 0) is 4.74 Å². The Kier molecular flexibility index (Phi) is 3.76. The molecule has 0 bridgehead atoms. The summed E-state index contributed by atoms with van der Waals surface area (Å²) in [4.78, 5) is 22.3. The molecule has 1 aromatic carbocycles. The van der Waals surface area contributed by atoms with Gasteiger partial charge in [0.2, 0.25) is 0 Å². The number of hydrogen-bond acceptors (Lipinski definition) is 4. The molecule has 3 aliphatic heterocycles. The first-order chi connectivity index (χ1) is 12.7. The largest absolute Gasteiger partial charge is 0.379 e. The molecule has 5 nitrogen and oxygen atoms in total. The van der Waals surface area contributed by atoms with Gasteiger partial charge in [-0.15, -0.1) is 0 Å². The van der Waals surface area contributed by atoms with Crippen LogP contribution < -0.4 is 0 Å². The van der Waals surface area contributed by atoms with Crippen molar-refractivity contribution >= 4 is 16.8 Å². The molecule has 26 heavy (non-hydrogen) atoms. The summed E-state index contributed by atoms with van der Waals surface area (Å²) in [5.74, 6) is 0.618. The maximum absolute atomic E-state index is 13.4. The third-order valence-corrected chi connectivity index (χ3v) is 6.82. The molecular formula is C21H25N3O2. The summed E-state index contributed by atoms with van der Waals surface area (Å²) in [6, 6.07) is 10.1. The Bertz CT molecular complexity index is 844. The number of hydrogen-bond donors (Lipinski definition) is 0. The van der Waals surface area contributed by atoms with Crippen LogP contribution in [0, 0.1) is 11.3 Å². The van der Waals surface area contributed by atoms with Crippen LogP contribution in [0.5, 0.6) is 0 Å². The standard InChI is InChI=1S/C21H25N3O2/c1-23-9-6-21(7-10-23)14-24(19-13-26-12-17(19)21)20(25)16-5-4-15-3-2-8-22-18(15)11-16/h2-5,8,11,17,19H,6-7,9-10,12-14H2,1H3/t17-,19+/m0/s1. The average molecular weight is 351 g/mol. The van der Waals surface area contributed by atoms with E-state index in [1.165, 1.54) is 0 Å². The van der Waals surface area contributed by atoms with Crippen molar-refractivity contribution < 1.29 is 9.53 Å². The quantitative estimate of drug-likeness (QED) is 0.792. The zero-order valence-corrected chi connectivity index (χ0v) is 15.2. The number of amides is 1. The molecule has 1 amide bonds. The summed E-state index contributed by atoms with van der Waals surface area (Å²) < 4.78 is 5.83. The first-order valence-corrected chi connectivity index (χ1v) is 9.58. The topological polar surface area (TPSA) is 45.7 Å². The van der Waals surface area contributed by atoms with E-state index in [0.717, 1.165) is 55.5 Å². The third-order valence-electron chi connectivity index (χ3n) is 6.82. The van der Waals surface area contributed by atoms with E-state index in [2.05, 4.69) is 21.8 Å². The Morgan fingerprint density at radius 2 is 2.08 bits per heavy atom. The van der Waals surface area contributed by atoms with E-state index >= 15 is 0 Å². The van der Waals surface area contributed by atoms with Crippen LogP contribution >= 0.6 is 0 Å². The number of likely N-dealkylation sites (tertiary alicyclic amines) is 2. The van der Waals surface area contributed by atoms with Crippen molar-refractivity contribution in [1.82, 2.24) is 14.8 Å². The number of ether oxygens (including phenoxy) is 1. The zero-order valence-electron chi connectivity index (χ0n) is 15.2. The second-order valence-corrected chi connectivity index (χ2v) is 8.22. The molecule has 0 radical (unpaired) electrons. The van der Waals surface area contributed by atoms with E-state index < -0.39 is 0 Å². The maximum Gasteiger partial charge on any atom is 0.254 e. The summed E-state index contributed by atoms with van der Waals surface area (Å²) in [6.07, 6.45) is 4.11. The van der Waals surface area contributed by atoms with E-state index in [1.807, 2.05) is 30.3 Å². The number of pyridine rings is 1. The Balaban J connectivity index is 1.46. The van der Waals surface area contributed by atoms with Crippen LogP contribution in [-0.4, -0.2) is 66.6 Å². The predicted molar refractivity (Wildman–Crippen MR) is 100 cm³/mol. The lowest BCUT2D eigenvalue weighted by Gasteiger charge is -2.40. The number of fused-ring (bicyclic) bond motifs is 3. The molecule has 136 valence electrons. The fourth-order valence-electron chi connectivity index (χ4n) is 5.19. The molecule has 3 fully saturated rings. The van der Waals surface area contributed by atoms with Crippen LogP contribution in [0.25, 0.3) is 10.9 Å². The highest BCUT2D eigenvalue weighted by atomic mass is 16.5. The summed E-state index contributed by atoms with van der Waals surface area (Å²) in [6.45, 7) is 4.59. The lowest BCUT2D eigenvalue weighted by atomic mass is 9.70. The third kappa shape index (κ3) is 2.45. The zero-order chi connectivity index (χ0) is 17.7. The molecule has 2 atom stereocenters. The molecule has 1 spiro atoms. The van der Waals surface area contributed by atoms with Gasteiger partial charge < -0.3 is 14.5 Å². The van der Waals surface area contributed by atoms with Gasteiger partial charge >= 0.3 is 0 Å². The molecule has 0 aliphatic carbocycles. The molecule has 0 saturated carbocycles. The normalized spacial score (nSPS) is 28.0. The molecule has 1 aromatic heterocycles. The van der Waals surface area contributed by atoms with Gasteiger partial charge in [-0.2, -0.15) is 0 Å². The van der Waals surface area contributed by atoms with Gasteiger partial charge in [0, 0.05) is 29.6 Å². The fraction of sp³-hybridized carbons (Fsp3) is 0.524. The van der Waals surface area contributed by atoms with Crippen molar-refractivity contribution in [3.8, 4) is 0 Å². The number of rotatable bonds is 1. The number of benzene rings is 1. The van der Waals surface area contributed by atoms with Crippen LogP contribution in [0.3, 0.4) is 0 Å². The van der Waals surface area contributed by atoms with Gasteiger partial charge in [-0.05, 0) is 56.6 Å². The molecule has 3 saturated heterocycles. The Morgan fingerprint density at radius 1 is 1.23 bits per heavy atom. The predicted octanol–water partition coefficient (Wildman–Crippen LogP) is 2.42. The minimum atomic E-state index is 0.133. The molecule has 0 N–H and O–H groups in total. The Morgan fingerprint density at radius 3 is 2.92 bits per heavy atom. The number of nitrogens with zero attached hydrogens (tertiary/aromatic N) is 3. The van der Waals surface area contributed by atoms with Gasteiger partial charge in [0.1, 0.15) is 0 Å². The van der Waals surface area contributed by atoms with E-state index in [9.17, 15) is 4.79 Å². The number of carbonyl (C=O) groups is 1. The van der Waals surface area contributed by atoms with Crippen molar-refractivity contribution in [2.24, 2.45) is 11.3 Å². The number of piperidine rings is 1. The fourth-order valence-corrected chi connectivity index (χ4v) is 5.19. The molecule has 0 unspecified atom stereocenters. The van der Waals surface area contributed by atoms with Gasteiger partial charge in [0.25, 0.3) is 5.91 Å².